The van der Waals surface area contributed by atoms with Crippen molar-refractivity contribution in [3.8, 4) is 0 Å². The minimum atomic E-state index is 0.781. The highest BCUT2D eigenvalue weighted by Gasteiger charge is 1.71. The van der Waals surface area contributed by atoms with Crippen molar-refractivity contribution < 1.29 is 4.55 Å². The molecule has 0 aliphatic rings. The van der Waals surface area contributed by atoms with Crippen LogP contribution in [-0.2, 0) is 0 Å². The predicted molar refractivity (Wildman–Crippen MR) is 31.3 cm³/mol. The molecule has 0 saturated heterocycles. The largest absolute Gasteiger partial charge is 0.320 e. The number of rotatable bonds is 2. The third-order valence-corrected chi connectivity index (χ3v) is 2.66. The van der Waals surface area contributed by atoms with E-state index in [1.54, 1.807) is 0 Å². The molecule has 0 unspecified atom stereocenters. The second kappa shape index (κ2) is 5.01. The van der Waals surface area contributed by atoms with Gasteiger partial charge < -0.3 is 4.55 Å². The van der Waals surface area contributed by atoms with Gasteiger partial charge in [0, 0.05) is 9.83 Å². The fourth-order valence-electron chi connectivity index (χ4n) is 0.0304. The third kappa shape index (κ3) is 5.01. The molecule has 32 valence electrons. The van der Waals surface area contributed by atoms with E-state index in [0.717, 1.165) is 11.1 Å². The molecule has 0 amide bonds. The Morgan fingerprint density at radius 3 is 2.20 bits per heavy atom. The lowest BCUT2D eigenvalue weighted by Crippen LogP contribution is -1.31. The maximum absolute atomic E-state index is 7.93. The zero-order chi connectivity index (χ0) is 4.12. The van der Waals surface area contributed by atoms with Crippen LogP contribution in [0.25, 0.3) is 0 Å². The smallest absolute Gasteiger partial charge is 0.0711 e. The van der Waals surface area contributed by atoms with Crippen molar-refractivity contribution in [1.29, 1.82) is 0 Å². The minimum absolute atomic E-state index is 0.781. The molecule has 0 radical (unpaired) electrons. The van der Waals surface area contributed by atoms with Crippen molar-refractivity contribution in [3.05, 3.63) is 0 Å². The predicted octanol–water partition coefficient (Wildman–Crippen LogP) is 2.12. The molecule has 0 heterocycles. The average Bonchev–Trinajstić information content (AvgIpc) is 1.41. The van der Waals surface area contributed by atoms with Crippen LogP contribution >= 0.6 is 31.7 Å². The van der Waals surface area contributed by atoms with Gasteiger partial charge in [-0.05, 0) is 6.26 Å². The monoisotopic (exact) mass is 128 g/mol. The molecule has 1 nitrogen and oxygen atoms in total. The lowest BCUT2D eigenvalue weighted by molar-refractivity contribution is 0.676. The van der Waals surface area contributed by atoms with Crippen LogP contribution in [0.4, 0.5) is 0 Å². The number of hydrogen-bond donors (Lipinski definition) is 1. The molecule has 0 bridgehead atoms. The van der Waals surface area contributed by atoms with Crippen molar-refractivity contribution in [3.63, 3.8) is 0 Å². The Kier molecular flexibility index (Phi) is 6.02. The zero-order valence-electron chi connectivity index (χ0n) is 2.67. The normalized spacial score (nSPS) is 8.40. The summed E-state index contributed by atoms with van der Waals surface area (Å²) in [6.07, 6.45) is 1.91. The Morgan fingerprint density at radius 2 is 2.20 bits per heavy atom. The quantitative estimate of drug-likeness (QED) is 0.454. The Hall–Kier alpha value is 1.01. The van der Waals surface area contributed by atoms with E-state index >= 15 is 0 Å². The first kappa shape index (κ1) is 6.01. The molecule has 0 saturated carbocycles. The first-order valence-corrected chi connectivity index (χ1v) is 4.77. The van der Waals surface area contributed by atoms with E-state index in [2.05, 4.69) is 0 Å². The van der Waals surface area contributed by atoms with Crippen LogP contribution in [0, 0.1) is 0 Å². The van der Waals surface area contributed by atoms with E-state index in [4.69, 9.17) is 4.55 Å². The highest BCUT2D eigenvalue weighted by atomic mass is 33.5. The van der Waals surface area contributed by atoms with Crippen LogP contribution in [0.1, 0.15) is 0 Å². The lowest BCUT2D eigenvalue weighted by atomic mass is 12.0. The van der Waals surface area contributed by atoms with E-state index in [1.165, 1.54) is 20.6 Å². The fourth-order valence-corrected chi connectivity index (χ4v) is 0.822. The topological polar surface area (TPSA) is 20.2 Å². The molecule has 0 spiro atoms. The molecule has 0 rings (SSSR count). The fraction of sp³-hybridized carbons (Fsp3) is 1.00. The van der Waals surface area contributed by atoms with Crippen molar-refractivity contribution in [1.82, 2.24) is 0 Å². The lowest BCUT2D eigenvalue weighted by Gasteiger charge is -1.77. The summed E-state index contributed by atoms with van der Waals surface area (Å²) in [5.41, 5.74) is 0. The highest BCUT2D eigenvalue weighted by molar-refractivity contribution is 9.08. The standard InChI is InChI=1S/CH4OS3/c1-3-5-4-2/h2H,1H3. The van der Waals surface area contributed by atoms with Crippen LogP contribution in [0.15, 0.2) is 0 Å². The van der Waals surface area contributed by atoms with Crippen molar-refractivity contribution >= 4 is 31.7 Å². The van der Waals surface area contributed by atoms with Gasteiger partial charge in [-0.3, -0.25) is 0 Å². The second-order valence-corrected chi connectivity index (χ2v) is 4.01. The molecule has 0 aliphatic heterocycles. The van der Waals surface area contributed by atoms with Gasteiger partial charge in [0.2, 0.25) is 0 Å². The van der Waals surface area contributed by atoms with Crippen LogP contribution in [0.2, 0.25) is 0 Å². The summed E-state index contributed by atoms with van der Waals surface area (Å²) in [6.45, 7) is 0. The molecule has 0 aromatic heterocycles. The molecule has 0 fully saturated rings. The summed E-state index contributed by atoms with van der Waals surface area (Å²) in [5, 5.41) is 0. The van der Waals surface area contributed by atoms with Gasteiger partial charge in [0.05, 0.1) is 11.1 Å². The van der Waals surface area contributed by atoms with Gasteiger partial charge in [0.15, 0.2) is 0 Å². The molecule has 0 aliphatic carbocycles. The molecular formula is CH4OS3. The van der Waals surface area contributed by atoms with Gasteiger partial charge in [-0.1, -0.05) is 10.8 Å². The summed E-state index contributed by atoms with van der Waals surface area (Å²) in [6, 6.07) is 0. The third-order valence-electron chi connectivity index (χ3n) is 0.0985. The SMILES string of the molecule is CSSSO. The van der Waals surface area contributed by atoms with E-state index in [1.807, 2.05) is 6.26 Å². The van der Waals surface area contributed by atoms with Gasteiger partial charge in [-0.15, -0.1) is 0 Å². The average molecular weight is 128 g/mol. The summed E-state index contributed by atoms with van der Waals surface area (Å²) in [4.78, 5) is 0. The molecule has 0 aromatic carbocycles. The number of hydrogen-bond acceptors (Lipinski definition) is 4. The molecule has 1 N–H and O–H groups in total. The van der Waals surface area contributed by atoms with Crippen LogP contribution in [0.3, 0.4) is 0 Å². The summed E-state index contributed by atoms with van der Waals surface area (Å²) >= 11 is 0.781. The van der Waals surface area contributed by atoms with Crippen LogP contribution in [0.5, 0.6) is 0 Å². The maximum atomic E-state index is 7.93. The Morgan fingerprint density at radius 1 is 1.60 bits per heavy atom. The van der Waals surface area contributed by atoms with E-state index in [9.17, 15) is 0 Å². The molecule has 4 heteroatoms. The first-order chi connectivity index (χ1) is 2.41. The van der Waals surface area contributed by atoms with Gasteiger partial charge in [0.25, 0.3) is 0 Å². The molecule has 0 aromatic rings. The Balaban J connectivity index is 2.19. The maximum Gasteiger partial charge on any atom is 0.0711 e. The van der Waals surface area contributed by atoms with E-state index in [0.29, 0.717) is 0 Å². The Labute approximate surface area is 42.9 Å². The molecule has 0 atom stereocenters. The van der Waals surface area contributed by atoms with Crippen molar-refractivity contribution in [2.24, 2.45) is 0 Å². The van der Waals surface area contributed by atoms with Crippen molar-refractivity contribution in [2.75, 3.05) is 6.26 Å². The summed E-state index contributed by atoms with van der Waals surface area (Å²) in [5.74, 6) is 0. The van der Waals surface area contributed by atoms with Crippen LogP contribution < -0.4 is 0 Å². The van der Waals surface area contributed by atoms with E-state index < -0.39 is 0 Å². The second-order valence-electron chi connectivity index (χ2n) is 0.309. The molecular weight excluding hydrogens is 124 g/mol. The van der Waals surface area contributed by atoms with Gasteiger partial charge >= 0.3 is 0 Å². The summed E-state index contributed by atoms with van der Waals surface area (Å²) in [7, 11) is 2.88. The van der Waals surface area contributed by atoms with Crippen LogP contribution in [-0.4, -0.2) is 10.8 Å². The minimum Gasteiger partial charge on any atom is -0.320 e. The zero-order valence-corrected chi connectivity index (χ0v) is 5.12. The summed E-state index contributed by atoms with van der Waals surface area (Å²) < 4.78 is 7.93. The van der Waals surface area contributed by atoms with Gasteiger partial charge in [-0.25, -0.2) is 0 Å². The molecule has 5 heavy (non-hydrogen) atoms. The van der Waals surface area contributed by atoms with E-state index in [-0.39, 0.29) is 0 Å². The van der Waals surface area contributed by atoms with Gasteiger partial charge in [-0.2, -0.15) is 0 Å². The highest BCUT2D eigenvalue weighted by Crippen LogP contribution is 2.28. The Bertz CT molecular complexity index is 14.4. The van der Waals surface area contributed by atoms with Gasteiger partial charge in [0.1, 0.15) is 0 Å². The van der Waals surface area contributed by atoms with Crippen molar-refractivity contribution in [2.45, 2.75) is 0 Å². The first-order valence-electron chi connectivity index (χ1n) is 0.924.